The molecule has 0 aliphatic heterocycles. The van der Waals surface area contributed by atoms with Crippen LogP contribution in [0.1, 0.15) is 51.5 Å². The number of carbonyl (C=O) groups is 2. The second-order valence-electron chi connectivity index (χ2n) is 10.2. The van der Waals surface area contributed by atoms with Gasteiger partial charge in [-0.3, -0.25) is 14.9 Å². The number of carbonyl (C=O) groups excluding carboxylic acids is 2. The molecule has 1 aliphatic carbocycles. The third kappa shape index (κ3) is 8.20. The van der Waals surface area contributed by atoms with Gasteiger partial charge in [0.1, 0.15) is 17.8 Å². The Morgan fingerprint density at radius 1 is 1.13 bits per heavy atom. The quantitative estimate of drug-likeness (QED) is 0.281. The maximum absolute atomic E-state index is 14.4. The van der Waals surface area contributed by atoms with Crippen LogP contribution >= 0.6 is 11.6 Å². The Balaban J connectivity index is 1.57. The lowest BCUT2D eigenvalue weighted by atomic mass is 9.93. The van der Waals surface area contributed by atoms with Gasteiger partial charge in [0, 0.05) is 23.7 Å². The highest BCUT2D eigenvalue weighted by Gasteiger charge is 2.25. The molecule has 3 aromatic rings. The number of ether oxygens (including phenoxy) is 1. The molecule has 4 rings (SSSR count). The Morgan fingerprint density at radius 3 is 2.62 bits per heavy atom. The van der Waals surface area contributed by atoms with Gasteiger partial charge in [-0.05, 0) is 48.6 Å². The van der Waals surface area contributed by atoms with E-state index < -0.39 is 11.7 Å². The molecule has 0 unspecified atom stereocenters. The van der Waals surface area contributed by atoms with Crippen molar-refractivity contribution in [3.63, 3.8) is 0 Å². The van der Waals surface area contributed by atoms with E-state index in [0.29, 0.717) is 23.4 Å². The third-order valence-corrected chi connectivity index (χ3v) is 6.78. The fourth-order valence-electron chi connectivity index (χ4n) is 4.81. The summed E-state index contributed by atoms with van der Waals surface area (Å²) in [5.41, 5.74) is 1.67. The van der Waals surface area contributed by atoms with E-state index >= 15 is 0 Å². The van der Waals surface area contributed by atoms with Crippen molar-refractivity contribution < 1.29 is 23.1 Å². The molecule has 0 spiro atoms. The van der Waals surface area contributed by atoms with E-state index in [1.165, 1.54) is 31.0 Å². The Labute approximate surface area is 232 Å². The van der Waals surface area contributed by atoms with E-state index in [0.717, 1.165) is 37.9 Å². The van der Waals surface area contributed by atoms with Gasteiger partial charge in [0.15, 0.2) is 6.61 Å². The minimum atomic E-state index is -0.532. The zero-order valence-electron chi connectivity index (χ0n) is 22.2. The molecule has 2 amide bonds. The van der Waals surface area contributed by atoms with Crippen LogP contribution in [0.5, 0.6) is 5.75 Å². The van der Waals surface area contributed by atoms with E-state index in [1.807, 2.05) is 6.07 Å². The fraction of sp³-hybridized carbons (Fsp3) is 0.414. The first-order valence-corrected chi connectivity index (χ1v) is 13.6. The fourth-order valence-corrected chi connectivity index (χ4v) is 4.97. The van der Waals surface area contributed by atoms with Crippen LogP contribution in [-0.4, -0.2) is 36.0 Å². The summed E-state index contributed by atoms with van der Waals surface area (Å²) in [5.74, 6) is -0.537. The number of amides is 2. The maximum atomic E-state index is 14.4. The summed E-state index contributed by atoms with van der Waals surface area (Å²) in [5, 5.41) is 5.75. The highest BCUT2D eigenvalue weighted by Crippen LogP contribution is 2.36. The van der Waals surface area contributed by atoms with Gasteiger partial charge in [-0.15, -0.1) is 0 Å². The first-order valence-electron chi connectivity index (χ1n) is 13.2. The lowest BCUT2D eigenvalue weighted by molar-refractivity contribution is -0.118. The smallest absolute Gasteiger partial charge is 0.301 e. The molecule has 1 heterocycles. The predicted molar refractivity (Wildman–Crippen MR) is 150 cm³/mol. The monoisotopic (exact) mass is 556 g/mol. The lowest BCUT2D eigenvalue weighted by Crippen LogP contribution is -2.40. The van der Waals surface area contributed by atoms with Gasteiger partial charge in [0.05, 0.1) is 24.0 Å². The van der Waals surface area contributed by atoms with Crippen molar-refractivity contribution in [1.82, 2.24) is 4.98 Å². The maximum Gasteiger partial charge on any atom is 0.301 e. The summed E-state index contributed by atoms with van der Waals surface area (Å²) in [6, 6.07) is 10.1. The van der Waals surface area contributed by atoms with Gasteiger partial charge in [-0.1, -0.05) is 50.8 Å². The summed E-state index contributed by atoms with van der Waals surface area (Å²) in [6.07, 6.45) is 8.34. The largest absolute Gasteiger partial charge is 0.484 e. The van der Waals surface area contributed by atoms with Gasteiger partial charge >= 0.3 is 6.01 Å². The van der Waals surface area contributed by atoms with Gasteiger partial charge < -0.3 is 19.4 Å². The molecule has 0 radical (unpaired) electrons. The van der Waals surface area contributed by atoms with E-state index in [1.54, 1.807) is 18.2 Å². The standard InChI is InChI=1S/C29H34ClFN4O4/c1-19(2)17-35(22-6-4-3-5-7-22)26-11-10-23(39-18-28(37)34-29-32-12-13-38-29)16-25(26)33-27(36)14-20-8-9-21(30)15-24(20)31/h8-13,15-16,19,22H,3-7,14,17-18H2,1-2H3,(H,33,36)(H,32,34,37). The summed E-state index contributed by atoms with van der Waals surface area (Å²) in [7, 11) is 0. The van der Waals surface area contributed by atoms with Gasteiger partial charge in [-0.25, -0.2) is 9.37 Å². The van der Waals surface area contributed by atoms with Gasteiger partial charge in [0.25, 0.3) is 5.91 Å². The van der Waals surface area contributed by atoms with Crippen LogP contribution in [0.15, 0.2) is 53.3 Å². The van der Waals surface area contributed by atoms with Crippen LogP contribution in [0.4, 0.5) is 21.8 Å². The third-order valence-electron chi connectivity index (χ3n) is 6.54. The number of aromatic nitrogens is 1. The molecular formula is C29H34ClFN4O4. The van der Waals surface area contributed by atoms with Crippen molar-refractivity contribution in [3.05, 3.63) is 65.3 Å². The number of anilines is 3. The summed E-state index contributed by atoms with van der Waals surface area (Å²) < 4.78 is 25.1. The number of nitrogens with zero attached hydrogens (tertiary/aromatic N) is 2. The highest BCUT2D eigenvalue weighted by atomic mass is 35.5. The number of oxazole rings is 1. The summed E-state index contributed by atoms with van der Waals surface area (Å²) in [4.78, 5) is 31.6. The number of rotatable bonds is 11. The van der Waals surface area contributed by atoms with Crippen molar-refractivity contribution in [2.45, 2.75) is 58.4 Å². The van der Waals surface area contributed by atoms with Crippen molar-refractivity contribution in [2.75, 3.05) is 28.7 Å². The first-order chi connectivity index (χ1) is 18.8. The molecule has 8 nitrogen and oxygen atoms in total. The topological polar surface area (TPSA) is 96.7 Å². The summed E-state index contributed by atoms with van der Waals surface area (Å²) >= 11 is 5.87. The average Bonchev–Trinajstić information content (AvgIpc) is 3.41. The minimum Gasteiger partial charge on any atom is -0.484 e. The van der Waals surface area contributed by atoms with Crippen molar-refractivity contribution in [1.29, 1.82) is 0 Å². The summed E-state index contributed by atoms with van der Waals surface area (Å²) in [6.45, 7) is 4.88. The second-order valence-corrected chi connectivity index (χ2v) is 10.6. The Bertz CT molecular complexity index is 1260. The molecule has 1 saturated carbocycles. The zero-order chi connectivity index (χ0) is 27.8. The first kappa shape index (κ1) is 28.4. The molecule has 208 valence electrons. The van der Waals surface area contributed by atoms with Crippen LogP contribution in [0.2, 0.25) is 5.02 Å². The number of benzene rings is 2. The predicted octanol–water partition coefficient (Wildman–Crippen LogP) is 6.46. The van der Waals surface area contributed by atoms with Crippen molar-refractivity contribution >= 4 is 40.8 Å². The number of hydrogen-bond donors (Lipinski definition) is 2. The molecule has 2 N–H and O–H groups in total. The highest BCUT2D eigenvalue weighted by molar-refractivity contribution is 6.30. The van der Waals surface area contributed by atoms with Crippen molar-refractivity contribution in [3.8, 4) is 5.75 Å². The van der Waals surface area contributed by atoms with Crippen LogP contribution < -0.4 is 20.3 Å². The second kappa shape index (κ2) is 13.5. The van der Waals surface area contributed by atoms with Crippen molar-refractivity contribution in [2.24, 2.45) is 5.92 Å². The van der Waals surface area contributed by atoms with E-state index in [-0.39, 0.29) is 35.5 Å². The Kier molecular flexibility index (Phi) is 9.81. The van der Waals surface area contributed by atoms with Crippen LogP contribution in [-0.2, 0) is 16.0 Å². The SMILES string of the molecule is CC(C)CN(c1ccc(OCC(=O)Nc2ncco2)cc1NC(=O)Cc1ccc(Cl)cc1F)C1CCCCC1. The van der Waals surface area contributed by atoms with E-state index in [4.69, 9.17) is 20.8 Å². The molecule has 1 fully saturated rings. The molecular weight excluding hydrogens is 523 g/mol. The molecule has 1 aliphatic rings. The number of halogens is 2. The normalized spacial score (nSPS) is 13.8. The lowest BCUT2D eigenvalue weighted by Gasteiger charge is -2.38. The van der Waals surface area contributed by atoms with Crippen LogP contribution in [0.3, 0.4) is 0 Å². The molecule has 0 saturated heterocycles. The van der Waals surface area contributed by atoms with Crippen LogP contribution in [0, 0.1) is 11.7 Å². The molecule has 2 aromatic carbocycles. The molecule has 0 atom stereocenters. The average molecular weight is 557 g/mol. The Morgan fingerprint density at radius 2 is 1.92 bits per heavy atom. The molecule has 10 heteroatoms. The number of nitrogens with one attached hydrogen (secondary N) is 2. The van der Waals surface area contributed by atoms with E-state index in [2.05, 4.69) is 34.4 Å². The van der Waals surface area contributed by atoms with Gasteiger partial charge in [-0.2, -0.15) is 0 Å². The molecule has 1 aromatic heterocycles. The van der Waals surface area contributed by atoms with Gasteiger partial charge in [0.2, 0.25) is 5.91 Å². The molecule has 39 heavy (non-hydrogen) atoms. The molecule has 0 bridgehead atoms. The zero-order valence-corrected chi connectivity index (χ0v) is 23.0. The van der Waals surface area contributed by atoms with Crippen LogP contribution in [0.25, 0.3) is 0 Å². The number of hydrogen-bond acceptors (Lipinski definition) is 6. The Hall–Kier alpha value is -3.59. The minimum absolute atomic E-state index is 0.0816. The van der Waals surface area contributed by atoms with E-state index in [9.17, 15) is 14.0 Å².